The number of rotatable bonds is 8. The molecule has 1 N–H and O–H groups in total. The molecule has 1 saturated heterocycles. The van der Waals surface area contributed by atoms with Crippen molar-refractivity contribution < 1.29 is 18.3 Å². The van der Waals surface area contributed by atoms with E-state index in [1.165, 1.54) is 4.31 Å². The molecule has 1 aliphatic rings. The van der Waals surface area contributed by atoms with E-state index >= 15 is 0 Å². The minimum absolute atomic E-state index is 0.188. The first-order valence-electron chi connectivity index (χ1n) is 10.8. The zero-order chi connectivity index (χ0) is 22.4. The van der Waals surface area contributed by atoms with Gasteiger partial charge < -0.3 is 9.84 Å². The quantitative estimate of drug-likeness (QED) is 0.569. The van der Waals surface area contributed by atoms with E-state index < -0.39 is 16.1 Å². The standard InChI is InChI=1S/C25H28N2O4S/c28-23(20-31-24-13-11-22(12-14-24)21-7-3-1-4-8-21)19-26-15-17-27(18-16-26)32(29,30)25-9-5-2-6-10-25/h1-14,23,28H,15-20H2. The van der Waals surface area contributed by atoms with Crippen LogP contribution in [0.15, 0.2) is 89.8 Å². The first-order valence-corrected chi connectivity index (χ1v) is 12.2. The number of nitrogens with zero attached hydrogens (tertiary/aromatic N) is 2. The van der Waals surface area contributed by atoms with E-state index in [2.05, 4.69) is 17.0 Å². The Labute approximate surface area is 189 Å². The molecule has 168 valence electrons. The third-order valence-corrected chi connectivity index (χ3v) is 7.50. The smallest absolute Gasteiger partial charge is 0.243 e. The summed E-state index contributed by atoms with van der Waals surface area (Å²) < 4.78 is 32.7. The molecule has 7 heteroatoms. The molecule has 32 heavy (non-hydrogen) atoms. The second-order valence-electron chi connectivity index (χ2n) is 7.87. The Morgan fingerprint density at radius 2 is 1.34 bits per heavy atom. The summed E-state index contributed by atoms with van der Waals surface area (Å²) in [7, 11) is -3.46. The van der Waals surface area contributed by atoms with Crippen LogP contribution in [0.5, 0.6) is 5.75 Å². The van der Waals surface area contributed by atoms with Gasteiger partial charge >= 0.3 is 0 Å². The van der Waals surface area contributed by atoms with Gasteiger partial charge in [-0.25, -0.2) is 8.42 Å². The van der Waals surface area contributed by atoms with E-state index in [9.17, 15) is 13.5 Å². The number of sulfonamides is 1. The number of hydrogen-bond donors (Lipinski definition) is 1. The maximum absolute atomic E-state index is 12.7. The van der Waals surface area contributed by atoms with Crippen molar-refractivity contribution in [2.45, 2.75) is 11.0 Å². The first kappa shape index (κ1) is 22.5. The van der Waals surface area contributed by atoms with E-state index in [4.69, 9.17) is 4.74 Å². The van der Waals surface area contributed by atoms with Gasteiger partial charge in [-0.1, -0.05) is 60.7 Å². The molecule has 0 aliphatic carbocycles. The number of aliphatic hydroxyl groups is 1. The molecule has 3 aromatic rings. The molecule has 1 aliphatic heterocycles. The zero-order valence-corrected chi connectivity index (χ0v) is 18.7. The van der Waals surface area contributed by atoms with Crippen molar-refractivity contribution in [1.29, 1.82) is 0 Å². The van der Waals surface area contributed by atoms with Crippen LogP contribution in [0.1, 0.15) is 0 Å². The second-order valence-corrected chi connectivity index (χ2v) is 9.81. The third kappa shape index (κ3) is 5.55. The van der Waals surface area contributed by atoms with Crippen LogP contribution in [0.25, 0.3) is 11.1 Å². The Bertz CT molecular complexity index is 1080. The highest BCUT2D eigenvalue weighted by atomic mass is 32.2. The molecule has 1 atom stereocenters. The highest BCUT2D eigenvalue weighted by Crippen LogP contribution is 2.22. The van der Waals surface area contributed by atoms with Crippen LogP contribution in [-0.4, -0.2) is 68.2 Å². The summed E-state index contributed by atoms with van der Waals surface area (Å²) in [5, 5.41) is 10.4. The van der Waals surface area contributed by atoms with Gasteiger partial charge in [0.15, 0.2) is 0 Å². The van der Waals surface area contributed by atoms with Crippen molar-refractivity contribution in [2.24, 2.45) is 0 Å². The summed E-state index contributed by atoms with van der Waals surface area (Å²) in [5.74, 6) is 0.711. The molecule has 1 unspecified atom stereocenters. The summed E-state index contributed by atoms with van der Waals surface area (Å²) in [6.07, 6.45) is -0.652. The molecular weight excluding hydrogens is 424 g/mol. The van der Waals surface area contributed by atoms with Crippen LogP contribution < -0.4 is 4.74 Å². The van der Waals surface area contributed by atoms with E-state index in [0.717, 1.165) is 11.1 Å². The van der Waals surface area contributed by atoms with Gasteiger partial charge in [-0.15, -0.1) is 0 Å². The van der Waals surface area contributed by atoms with Gasteiger partial charge in [-0.2, -0.15) is 4.31 Å². The van der Waals surface area contributed by atoms with Crippen LogP contribution in [0.4, 0.5) is 0 Å². The summed E-state index contributed by atoms with van der Waals surface area (Å²) in [5.41, 5.74) is 2.26. The van der Waals surface area contributed by atoms with Crippen LogP contribution in [0.2, 0.25) is 0 Å². The SMILES string of the molecule is O=S(=O)(c1ccccc1)N1CCN(CC(O)COc2ccc(-c3ccccc3)cc2)CC1. The lowest BCUT2D eigenvalue weighted by atomic mass is 10.1. The maximum Gasteiger partial charge on any atom is 0.243 e. The zero-order valence-electron chi connectivity index (χ0n) is 17.9. The van der Waals surface area contributed by atoms with Gasteiger partial charge in [0.05, 0.1) is 4.90 Å². The van der Waals surface area contributed by atoms with Crippen LogP contribution in [0.3, 0.4) is 0 Å². The Morgan fingerprint density at radius 1 is 0.781 bits per heavy atom. The van der Waals surface area contributed by atoms with Crippen molar-refractivity contribution in [3.05, 3.63) is 84.9 Å². The molecular formula is C25H28N2O4S. The fourth-order valence-corrected chi connectivity index (χ4v) is 5.25. The number of aliphatic hydroxyl groups excluding tert-OH is 1. The monoisotopic (exact) mass is 452 g/mol. The predicted molar refractivity (Wildman–Crippen MR) is 125 cm³/mol. The lowest BCUT2D eigenvalue weighted by Crippen LogP contribution is -2.50. The van der Waals surface area contributed by atoms with Crippen LogP contribution in [0, 0.1) is 0 Å². The molecule has 0 aromatic heterocycles. The van der Waals surface area contributed by atoms with Crippen molar-refractivity contribution >= 4 is 10.0 Å². The highest BCUT2D eigenvalue weighted by Gasteiger charge is 2.28. The van der Waals surface area contributed by atoms with Gasteiger partial charge in [0, 0.05) is 32.7 Å². The van der Waals surface area contributed by atoms with E-state index in [0.29, 0.717) is 43.4 Å². The number of benzene rings is 3. The van der Waals surface area contributed by atoms with Gasteiger partial charge in [0.25, 0.3) is 0 Å². The third-order valence-electron chi connectivity index (χ3n) is 5.59. The van der Waals surface area contributed by atoms with Gasteiger partial charge in [0.2, 0.25) is 10.0 Å². The Morgan fingerprint density at radius 3 is 1.97 bits per heavy atom. The average molecular weight is 453 g/mol. The fraction of sp³-hybridized carbons (Fsp3) is 0.280. The number of piperazine rings is 1. The van der Waals surface area contributed by atoms with Gasteiger partial charge in [-0.05, 0) is 35.4 Å². The molecule has 4 rings (SSSR count). The molecule has 0 bridgehead atoms. The Balaban J connectivity index is 1.23. The number of ether oxygens (including phenoxy) is 1. The molecule has 0 saturated carbocycles. The lowest BCUT2D eigenvalue weighted by Gasteiger charge is -2.34. The summed E-state index contributed by atoms with van der Waals surface area (Å²) in [6, 6.07) is 26.4. The second kappa shape index (κ2) is 10.3. The largest absolute Gasteiger partial charge is 0.491 e. The minimum Gasteiger partial charge on any atom is -0.491 e. The fourth-order valence-electron chi connectivity index (χ4n) is 3.81. The number of hydrogen-bond acceptors (Lipinski definition) is 5. The van der Waals surface area contributed by atoms with E-state index in [1.54, 1.807) is 30.3 Å². The Kier molecular flexibility index (Phi) is 7.22. The minimum atomic E-state index is -3.46. The van der Waals surface area contributed by atoms with Crippen LogP contribution in [-0.2, 0) is 10.0 Å². The summed E-state index contributed by atoms with van der Waals surface area (Å²) in [6.45, 7) is 2.61. The van der Waals surface area contributed by atoms with E-state index in [-0.39, 0.29) is 6.61 Å². The van der Waals surface area contributed by atoms with Crippen molar-refractivity contribution in [1.82, 2.24) is 9.21 Å². The topological polar surface area (TPSA) is 70.1 Å². The first-order chi connectivity index (χ1) is 15.5. The molecule has 0 amide bonds. The van der Waals surface area contributed by atoms with Crippen molar-refractivity contribution in [2.75, 3.05) is 39.3 Å². The van der Waals surface area contributed by atoms with Crippen molar-refractivity contribution in [3.63, 3.8) is 0 Å². The van der Waals surface area contributed by atoms with Gasteiger partial charge in [0.1, 0.15) is 18.5 Å². The maximum atomic E-state index is 12.7. The predicted octanol–water partition coefficient (Wildman–Crippen LogP) is 3.10. The molecule has 6 nitrogen and oxygen atoms in total. The highest BCUT2D eigenvalue weighted by molar-refractivity contribution is 7.89. The van der Waals surface area contributed by atoms with Crippen molar-refractivity contribution in [3.8, 4) is 16.9 Å². The summed E-state index contributed by atoms with van der Waals surface area (Å²) >= 11 is 0. The summed E-state index contributed by atoms with van der Waals surface area (Å²) in [4.78, 5) is 2.39. The molecule has 0 radical (unpaired) electrons. The Hall–Kier alpha value is -2.71. The number of β-amino-alcohol motifs (C(OH)–C–C–N with tert-alkyl or cyclic N) is 1. The normalized spacial score (nSPS) is 16.5. The molecule has 0 spiro atoms. The van der Waals surface area contributed by atoms with Crippen LogP contribution >= 0.6 is 0 Å². The molecule has 1 fully saturated rings. The average Bonchev–Trinajstić information content (AvgIpc) is 2.84. The molecule has 3 aromatic carbocycles. The van der Waals surface area contributed by atoms with E-state index in [1.807, 2.05) is 42.5 Å². The molecule has 1 heterocycles. The lowest BCUT2D eigenvalue weighted by molar-refractivity contribution is 0.0569. The van der Waals surface area contributed by atoms with Gasteiger partial charge in [-0.3, -0.25) is 4.90 Å².